The highest BCUT2D eigenvalue weighted by Gasteiger charge is 2.24. The van der Waals surface area contributed by atoms with Gasteiger partial charge in [-0.1, -0.05) is 29.0 Å². The summed E-state index contributed by atoms with van der Waals surface area (Å²) in [5.41, 5.74) is 0.598. The molecular weight excluding hydrogens is 342 g/mol. The summed E-state index contributed by atoms with van der Waals surface area (Å²) in [6.07, 6.45) is 0. The third kappa shape index (κ3) is 3.57. The van der Waals surface area contributed by atoms with Crippen molar-refractivity contribution in [1.82, 2.24) is 9.71 Å². The van der Waals surface area contributed by atoms with Crippen molar-refractivity contribution in [3.8, 4) is 0 Å². The van der Waals surface area contributed by atoms with Crippen LogP contribution in [0.1, 0.15) is 24.2 Å². The lowest BCUT2D eigenvalue weighted by Crippen LogP contribution is -2.26. The van der Waals surface area contributed by atoms with Gasteiger partial charge in [-0.25, -0.2) is 26.9 Å². The molecule has 0 aliphatic rings. The van der Waals surface area contributed by atoms with Gasteiger partial charge in [-0.3, -0.25) is 0 Å². The second-order valence-corrected chi connectivity index (χ2v) is 7.85. The first-order chi connectivity index (χ1) is 9.70. The number of nitrogens with one attached hydrogen (secondary N) is 1. The van der Waals surface area contributed by atoms with Gasteiger partial charge in [-0.2, -0.15) is 0 Å². The molecule has 0 spiro atoms. The quantitative estimate of drug-likeness (QED) is 0.917. The molecule has 0 saturated carbocycles. The molecular formula is C12H11ClF2N2O2S2. The molecule has 0 saturated heterocycles. The molecule has 9 heteroatoms. The molecule has 2 aromatic rings. The normalized spacial score (nSPS) is 13.4. The van der Waals surface area contributed by atoms with Crippen molar-refractivity contribution in [2.75, 3.05) is 0 Å². The van der Waals surface area contributed by atoms with Gasteiger partial charge in [0.15, 0.2) is 20.3 Å². The zero-order valence-corrected chi connectivity index (χ0v) is 13.4. The molecule has 4 nitrogen and oxygen atoms in total. The standard InChI is InChI=1S/C12H11ClF2N2O2S2/c1-6(8-3-4-9(14)10(15)5-8)17-21(18,19)11-7(2)16-12(13)20-11/h3-6,17H,1-2H3. The number of rotatable bonds is 4. The second kappa shape index (κ2) is 5.96. The number of thiazole rings is 1. The van der Waals surface area contributed by atoms with Crippen LogP contribution >= 0.6 is 22.9 Å². The molecule has 114 valence electrons. The number of hydrogen-bond donors (Lipinski definition) is 1. The van der Waals surface area contributed by atoms with Crippen LogP contribution in [0.3, 0.4) is 0 Å². The van der Waals surface area contributed by atoms with E-state index < -0.39 is 27.7 Å². The Labute approximate surface area is 129 Å². The van der Waals surface area contributed by atoms with Gasteiger partial charge < -0.3 is 0 Å². The fourth-order valence-electron chi connectivity index (χ4n) is 1.74. The zero-order chi connectivity index (χ0) is 15.8. The molecule has 1 unspecified atom stereocenters. The van der Waals surface area contributed by atoms with Crippen LogP contribution in [0.15, 0.2) is 22.4 Å². The molecule has 0 aliphatic carbocycles. The van der Waals surface area contributed by atoms with Gasteiger partial charge in [0.1, 0.15) is 0 Å². The van der Waals surface area contributed by atoms with Gasteiger partial charge in [0, 0.05) is 6.04 Å². The summed E-state index contributed by atoms with van der Waals surface area (Å²) in [5, 5.41) is 0. The third-order valence-electron chi connectivity index (χ3n) is 2.75. The van der Waals surface area contributed by atoms with E-state index in [1.807, 2.05) is 0 Å². The SMILES string of the molecule is Cc1nc(Cl)sc1S(=O)(=O)NC(C)c1ccc(F)c(F)c1. The van der Waals surface area contributed by atoms with Crippen molar-refractivity contribution in [2.24, 2.45) is 0 Å². The molecule has 1 aromatic carbocycles. The lowest BCUT2D eigenvalue weighted by molar-refractivity contribution is 0.504. The molecule has 21 heavy (non-hydrogen) atoms. The molecule has 0 amide bonds. The maximum Gasteiger partial charge on any atom is 0.252 e. The predicted molar refractivity (Wildman–Crippen MR) is 77.0 cm³/mol. The smallest absolute Gasteiger partial charge is 0.229 e. The number of hydrogen-bond acceptors (Lipinski definition) is 4. The Morgan fingerprint density at radius 3 is 2.52 bits per heavy atom. The van der Waals surface area contributed by atoms with Crippen LogP contribution in [-0.2, 0) is 10.0 Å². The van der Waals surface area contributed by atoms with Gasteiger partial charge in [0.25, 0.3) is 10.0 Å². The van der Waals surface area contributed by atoms with Gasteiger partial charge in [-0.15, -0.1) is 0 Å². The van der Waals surface area contributed by atoms with E-state index in [1.54, 1.807) is 0 Å². The topological polar surface area (TPSA) is 59.1 Å². The molecule has 1 aromatic heterocycles. The molecule has 0 bridgehead atoms. The van der Waals surface area contributed by atoms with Crippen LogP contribution in [-0.4, -0.2) is 13.4 Å². The molecule has 1 heterocycles. The number of benzene rings is 1. The van der Waals surface area contributed by atoms with Crippen LogP contribution in [0.4, 0.5) is 8.78 Å². The van der Waals surface area contributed by atoms with Crippen molar-refractivity contribution >= 4 is 33.0 Å². The Morgan fingerprint density at radius 1 is 1.33 bits per heavy atom. The first-order valence-corrected chi connectivity index (χ1v) is 8.48. The molecule has 1 N–H and O–H groups in total. The minimum atomic E-state index is -3.84. The molecule has 1 atom stereocenters. The second-order valence-electron chi connectivity index (χ2n) is 4.36. The first-order valence-electron chi connectivity index (χ1n) is 5.81. The highest BCUT2D eigenvalue weighted by atomic mass is 35.5. The van der Waals surface area contributed by atoms with E-state index in [4.69, 9.17) is 11.6 Å². The molecule has 0 fully saturated rings. The van der Waals surface area contributed by atoms with Crippen molar-refractivity contribution in [3.63, 3.8) is 0 Å². The van der Waals surface area contributed by atoms with E-state index in [9.17, 15) is 17.2 Å². The van der Waals surface area contributed by atoms with Crippen molar-refractivity contribution in [2.45, 2.75) is 24.1 Å². The van der Waals surface area contributed by atoms with Crippen molar-refractivity contribution in [1.29, 1.82) is 0 Å². The summed E-state index contributed by atoms with van der Waals surface area (Å²) in [4.78, 5) is 3.84. The fourth-order valence-corrected chi connectivity index (χ4v) is 4.72. The Morgan fingerprint density at radius 2 is 2.00 bits per heavy atom. The van der Waals surface area contributed by atoms with E-state index in [1.165, 1.54) is 19.9 Å². The van der Waals surface area contributed by atoms with Crippen LogP contribution < -0.4 is 4.72 Å². The predicted octanol–water partition coefficient (Wildman–Crippen LogP) is 3.42. The average molecular weight is 353 g/mol. The van der Waals surface area contributed by atoms with Crippen LogP contribution in [0, 0.1) is 18.6 Å². The minimum Gasteiger partial charge on any atom is -0.229 e. The van der Waals surface area contributed by atoms with Crippen molar-refractivity contribution < 1.29 is 17.2 Å². The van der Waals surface area contributed by atoms with E-state index in [2.05, 4.69) is 9.71 Å². The summed E-state index contributed by atoms with van der Waals surface area (Å²) in [5.74, 6) is -2.02. The van der Waals surface area contributed by atoms with Crippen LogP contribution in [0.25, 0.3) is 0 Å². The maximum absolute atomic E-state index is 13.2. The summed E-state index contributed by atoms with van der Waals surface area (Å²) >= 11 is 6.52. The third-order valence-corrected chi connectivity index (χ3v) is 6.16. The largest absolute Gasteiger partial charge is 0.252 e. The van der Waals surface area contributed by atoms with Crippen LogP contribution in [0.2, 0.25) is 4.47 Å². The monoisotopic (exact) mass is 352 g/mol. The molecule has 0 aliphatic heterocycles. The van der Waals surface area contributed by atoms with E-state index in [-0.39, 0.29) is 14.4 Å². The number of aromatic nitrogens is 1. The lowest BCUT2D eigenvalue weighted by Gasteiger charge is -2.14. The number of sulfonamides is 1. The van der Waals surface area contributed by atoms with Gasteiger partial charge in [-0.05, 0) is 31.5 Å². The van der Waals surface area contributed by atoms with E-state index in [0.717, 1.165) is 23.5 Å². The highest BCUT2D eigenvalue weighted by molar-refractivity contribution is 7.91. The average Bonchev–Trinajstić information content (AvgIpc) is 2.72. The lowest BCUT2D eigenvalue weighted by atomic mass is 10.1. The number of halogens is 3. The Balaban J connectivity index is 2.27. The van der Waals surface area contributed by atoms with Crippen molar-refractivity contribution in [3.05, 3.63) is 45.6 Å². The number of aryl methyl sites for hydroxylation is 1. The van der Waals surface area contributed by atoms with E-state index in [0.29, 0.717) is 5.56 Å². The molecule has 2 rings (SSSR count). The zero-order valence-electron chi connectivity index (χ0n) is 11.0. The van der Waals surface area contributed by atoms with Gasteiger partial charge >= 0.3 is 0 Å². The molecule has 0 radical (unpaired) electrons. The van der Waals surface area contributed by atoms with Crippen LogP contribution in [0.5, 0.6) is 0 Å². The minimum absolute atomic E-state index is 0.00179. The Kier molecular flexibility index (Phi) is 4.62. The van der Waals surface area contributed by atoms with Gasteiger partial charge in [0.05, 0.1) is 5.69 Å². The first kappa shape index (κ1) is 16.3. The summed E-state index contributed by atoms with van der Waals surface area (Å²) in [6, 6.07) is 2.49. The highest BCUT2D eigenvalue weighted by Crippen LogP contribution is 2.28. The summed E-state index contributed by atoms with van der Waals surface area (Å²) < 4.78 is 53.0. The summed E-state index contributed by atoms with van der Waals surface area (Å²) in [6.45, 7) is 3.06. The van der Waals surface area contributed by atoms with E-state index >= 15 is 0 Å². The Hall–Kier alpha value is -1.09. The van der Waals surface area contributed by atoms with Gasteiger partial charge in [0.2, 0.25) is 0 Å². The number of nitrogens with zero attached hydrogens (tertiary/aromatic N) is 1. The maximum atomic E-state index is 13.2. The fraction of sp³-hybridized carbons (Fsp3) is 0.250. The summed E-state index contributed by atoms with van der Waals surface area (Å²) in [7, 11) is -3.84. The Bertz CT molecular complexity index is 778.